The molecule has 0 spiro atoms. The maximum absolute atomic E-state index is 14.7. The average molecular weight is 371 g/mol. The van der Waals surface area contributed by atoms with E-state index in [9.17, 15) is 9.18 Å². The highest BCUT2D eigenvalue weighted by Gasteiger charge is 2.36. The molecule has 144 valence electrons. The van der Waals surface area contributed by atoms with E-state index >= 15 is 0 Å². The maximum Gasteiger partial charge on any atom is 0.307 e. The third-order valence-electron chi connectivity index (χ3n) is 5.07. The molecule has 1 N–H and O–H groups in total. The van der Waals surface area contributed by atoms with E-state index in [-0.39, 0.29) is 17.1 Å². The first-order valence-electron chi connectivity index (χ1n) is 9.31. The Balaban J connectivity index is 1.86. The monoisotopic (exact) mass is 371 g/mol. The molecule has 5 nitrogen and oxygen atoms in total. The van der Waals surface area contributed by atoms with Crippen molar-refractivity contribution in [1.82, 2.24) is 5.43 Å². The molecular weight excluding hydrogens is 345 g/mol. The number of fused-ring (bicyclic) bond motifs is 1. The van der Waals surface area contributed by atoms with Crippen molar-refractivity contribution < 1.29 is 13.6 Å². The highest BCUT2D eigenvalue weighted by Crippen LogP contribution is 2.44. The summed E-state index contributed by atoms with van der Waals surface area (Å²) >= 11 is 0. The third-order valence-corrected chi connectivity index (χ3v) is 5.07. The van der Waals surface area contributed by atoms with Crippen molar-refractivity contribution >= 4 is 17.8 Å². The molecule has 1 unspecified atom stereocenters. The Hall–Kier alpha value is -2.63. The molecule has 1 aromatic heterocycles. The highest BCUT2D eigenvalue weighted by atomic mass is 19.1. The van der Waals surface area contributed by atoms with Crippen LogP contribution in [0.25, 0.3) is 0 Å². The normalized spacial score (nSPS) is 18.6. The minimum absolute atomic E-state index is 0.0124. The molecule has 27 heavy (non-hydrogen) atoms. The fourth-order valence-electron chi connectivity index (χ4n) is 3.89. The summed E-state index contributed by atoms with van der Waals surface area (Å²) < 4.78 is 19.7. The van der Waals surface area contributed by atoms with E-state index in [2.05, 4.69) is 43.1 Å². The van der Waals surface area contributed by atoms with Crippen molar-refractivity contribution in [1.29, 1.82) is 0 Å². The van der Waals surface area contributed by atoms with Gasteiger partial charge in [0.15, 0.2) is 5.76 Å². The van der Waals surface area contributed by atoms with E-state index < -0.39 is 5.91 Å². The van der Waals surface area contributed by atoms with Crippen LogP contribution in [0.4, 0.5) is 10.1 Å². The van der Waals surface area contributed by atoms with Gasteiger partial charge in [-0.3, -0.25) is 4.79 Å². The van der Waals surface area contributed by atoms with E-state index in [1.54, 1.807) is 12.1 Å². The number of hydrogen-bond donors (Lipinski definition) is 1. The Bertz CT molecular complexity index is 843. The molecule has 0 saturated heterocycles. The van der Waals surface area contributed by atoms with Crippen molar-refractivity contribution in [2.75, 3.05) is 11.4 Å². The molecule has 0 fully saturated rings. The summed E-state index contributed by atoms with van der Waals surface area (Å²) in [5.41, 5.74) is 4.77. The molecule has 2 aromatic rings. The molecular formula is C21H26FN3O2. The van der Waals surface area contributed by atoms with E-state index in [0.717, 1.165) is 30.6 Å². The number of nitrogens with zero attached hydrogens (tertiary/aromatic N) is 2. The van der Waals surface area contributed by atoms with Crippen LogP contribution in [-0.4, -0.2) is 24.2 Å². The molecule has 0 saturated carbocycles. The van der Waals surface area contributed by atoms with Crippen molar-refractivity contribution in [3.05, 3.63) is 53.2 Å². The number of amides is 1. The highest BCUT2D eigenvalue weighted by molar-refractivity contribution is 5.92. The lowest BCUT2D eigenvalue weighted by molar-refractivity contribution is 0.0927. The number of rotatable bonds is 5. The first kappa shape index (κ1) is 19.1. The van der Waals surface area contributed by atoms with Gasteiger partial charge < -0.3 is 9.32 Å². The van der Waals surface area contributed by atoms with Crippen LogP contribution in [0, 0.1) is 5.82 Å². The van der Waals surface area contributed by atoms with E-state index in [1.807, 2.05) is 6.07 Å². The maximum atomic E-state index is 14.7. The van der Waals surface area contributed by atoms with Gasteiger partial charge in [0.2, 0.25) is 0 Å². The van der Waals surface area contributed by atoms with Gasteiger partial charge in [-0.1, -0.05) is 13.8 Å². The van der Waals surface area contributed by atoms with Gasteiger partial charge in [0.05, 0.1) is 12.5 Å². The van der Waals surface area contributed by atoms with E-state index in [1.165, 1.54) is 18.5 Å². The van der Waals surface area contributed by atoms with Crippen LogP contribution in [0.5, 0.6) is 0 Å². The second-order valence-electron chi connectivity index (χ2n) is 7.68. The van der Waals surface area contributed by atoms with Crippen molar-refractivity contribution in [2.45, 2.75) is 52.0 Å². The number of hydrogen-bond acceptors (Lipinski definition) is 4. The number of carbonyl (C=O) groups excluding carboxylic acids is 1. The van der Waals surface area contributed by atoms with E-state index in [4.69, 9.17) is 4.42 Å². The van der Waals surface area contributed by atoms with Crippen molar-refractivity contribution in [3.8, 4) is 0 Å². The average Bonchev–Trinajstić information content (AvgIpc) is 3.14. The number of carbonyl (C=O) groups is 1. The summed E-state index contributed by atoms with van der Waals surface area (Å²) in [6, 6.07) is 6.59. The van der Waals surface area contributed by atoms with Gasteiger partial charge in [-0.25, -0.2) is 9.82 Å². The second kappa shape index (κ2) is 7.55. The third kappa shape index (κ3) is 3.89. The van der Waals surface area contributed by atoms with Gasteiger partial charge >= 0.3 is 5.91 Å². The summed E-state index contributed by atoms with van der Waals surface area (Å²) in [6.45, 7) is 9.60. The van der Waals surface area contributed by atoms with Crippen LogP contribution in [-0.2, 0) is 0 Å². The Morgan fingerprint density at radius 3 is 2.93 bits per heavy atom. The first-order valence-corrected chi connectivity index (χ1v) is 9.31. The summed E-state index contributed by atoms with van der Waals surface area (Å²) in [6.07, 6.45) is 4.75. The predicted molar refractivity (Wildman–Crippen MR) is 105 cm³/mol. The molecule has 1 atom stereocenters. The Kier molecular flexibility index (Phi) is 5.35. The summed E-state index contributed by atoms with van der Waals surface area (Å²) in [7, 11) is 0. The summed E-state index contributed by atoms with van der Waals surface area (Å²) in [5.74, 6) is -0.354. The zero-order valence-electron chi connectivity index (χ0n) is 16.3. The lowest BCUT2D eigenvalue weighted by Gasteiger charge is -2.47. The fourth-order valence-corrected chi connectivity index (χ4v) is 3.89. The Morgan fingerprint density at radius 2 is 2.26 bits per heavy atom. The number of halogens is 1. The zero-order chi connectivity index (χ0) is 19.6. The molecule has 1 aliphatic rings. The molecule has 2 heterocycles. The number of benzene rings is 1. The molecule has 0 radical (unpaired) electrons. The van der Waals surface area contributed by atoms with Gasteiger partial charge in [0, 0.05) is 23.3 Å². The van der Waals surface area contributed by atoms with Gasteiger partial charge in [0.25, 0.3) is 0 Å². The smallest absolute Gasteiger partial charge is 0.307 e. The predicted octanol–water partition coefficient (Wildman–Crippen LogP) is 4.68. The van der Waals surface area contributed by atoms with E-state index in [0.29, 0.717) is 11.5 Å². The molecule has 6 heteroatoms. The number of hydrazone groups is 1. The minimum Gasteiger partial charge on any atom is -0.459 e. The first-order chi connectivity index (χ1) is 12.8. The van der Waals surface area contributed by atoms with Crippen LogP contribution < -0.4 is 10.3 Å². The van der Waals surface area contributed by atoms with Gasteiger partial charge in [-0.2, -0.15) is 5.10 Å². The second-order valence-corrected chi connectivity index (χ2v) is 7.68. The molecule has 1 aromatic carbocycles. The van der Waals surface area contributed by atoms with Crippen LogP contribution >= 0.6 is 0 Å². The zero-order valence-corrected chi connectivity index (χ0v) is 16.3. The van der Waals surface area contributed by atoms with Gasteiger partial charge in [-0.05, 0) is 62.4 Å². The summed E-state index contributed by atoms with van der Waals surface area (Å²) in [5, 5.41) is 3.88. The fraction of sp³-hybridized carbons (Fsp3) is 0.429. The summed E-state index contributed by atoms with van der Waals surface area (Å²) in [4.78, 5) is 14.1. The number of furan rings is 1. The topological polar surface area (TPSA) is 57.8 Å². The molecule has 0 bridgehead atoms. The largest absolute Gasteiger partial charge is 0.459 e. The molecule has 1 aliphatic heterocycles. The standard InChI is InChI=1S/C21H26FN3O2/c1-5-8-25-18-11-17(22)15(10-16(18)14(2)12-21(25,3)4)13-23-24-20(26)19-7-6-9-27-19/h6-7,9-11,13-14H,5,8,12H2,1-4H3,(H,24,26)/b23-13+. The SMILES string of the molecule is CCCN1c2cc(F)c(/C=N/NC(=O)c3ccco3)cc2C(C)CC1(C)C. The van der Waals surface area contributed by atoms with Crippen LogP contribution in [0.15, 0.2) is 40.0 Å². The lowest BCUT2D eigenvalue weighted by atomic mass is 9.79. The molecule has 3 rings (SSSR count). The Labute approximate surface area is 159 Å². The lowest BCUT2D eigenvalue weighted by Crippen LogP contribution is -2.48. The van der Waals surface area contributed by atoms with Gasteiger partial charge in [0.1, 0.15) is 5.82 Å². The van der Waals surface area contributed by atoms with Gasteiger partial charge in [-0.15, -0.1) is 0 Å². The molecule has 1 amide bonds. The minimum atomic E-state index is -0.473. The van der Waals surface area contributed by atoms with Crippen LogP contribution in [0.3, 0.4) is 0 Å². The van der Waals surface area contributed by atoms with Crippen LogP contribution in [0.2, 0.25) is 0 Å². The number of anilines is 1. The van der Waals surface area contributed by atoms with Crippen LogP contribution in [0.1, 0.15) is 68.1 Å². The Morgan fingerprint density at radius 1 is 1.48 bits per heavy atom. The molecule has 0 aliphatic carbocycles. The van der Waals surface area contributed by atoms with Crippen molar-refractivity contribution in [2.24, 2.45) is 5.10 Å². The number of nitrogens with one attached hydrogen (secondary N) is 1. The quantitative estimate of drug-likeness (QED) is 0.613. The van der Waals surface area contributed by atoms with Crippen molar-refractivity contribution in [3.63, 3.8) is 0 Å².